The lowest BCUT2D eigenvalue weighted by Crippen LogP contribution is -2.45. The van der Waals surface area contributed by atoms with Crippen molar-refractivity contribution >= 4 is 5.91 Å². The molecule has 0 heterocycles. The molecule has 78 valence electrons. The second-order valence-corrected chi connectivity index (χ2v) is 2.86. The zero-order chi connectivity index (χ0) is 10.3. The second kappa shape index (κ2) is 6.82. The molecule has 0 fully saturated rings. The van der Waals surface area contributed by atoms with Crippen LogP contribution in [0.5, 0.6) is 0 Å². The average Bonchev–Trinajstić information content (AvgIpc) is 2.13. The Morgan fingerprint density at radius 3 is 2.62 bits per heavy atom. The summed E-state index contributed by atoms with van der Waals surface area (Å²) in [5.74, 6) is -0.104. The molecule has 13 heavy (non-hydrogen) atoms. The van der Waals surface area contributed by atoms with Crippen LogP contribution >= 0.6 is 0 Å². The maximum absolute atomic E-state index is 11.1. The third kappa shape index (κ3) is 5.57. The molecule has 0 radical (unpaired) electrons. The Morgan fingerprint density at radius 2 is 2.15 bits per heavy atom. The number of amides is 1. The van der Waals surface area contributed by atoms with Gasteiger partial charge >= 0.3 is 0 Å². The molecule has 2 unspecified atom stereocenters. The van der Waals surface area contributed by atoms with Crippen LogP contribution in [0.25, 0.3) is 0 Å². The lowest BCUT2D eigenvalue weighted by atomic mass is 10.3. The molecule has 0 bridgehead atoms. The highest BCUT2D eigenvalue weighted by Crippen LogP contribution is 1.84. The first-order chi connectivity index (χ1) is 6.11. The number of hydrogen-bond donors (Lipinski definition) is 4. The number of aliphatic hydroxyl groups excluding tert-OH is 2. The van der Waals surface area contributed by atoms with E-state index in [-0.39, 0.29) is 25.1 Å². The zero-order valence-corrected chi connectivity index (χ0v) is 8.08. The van der Waals surface area contributed by atoms with Crippen molar-refractivity contribution in [2.45, 2.75) is 26.0 Å². The minimum Gasteiger partial charge on any atom is -0.394 e. The number of rotatable bonds is 6. The van der Waals surface area contributed by atoms with Crippen LogP contribution in [0.3, 0.4) is 0 Å². The van der Waals surface area contributed by atoms with Crippen LogP contribution < -0.4 is 10.6 Å². The fraction of sp³-hybridized carbons (Fsp3) is 0.875. The van der Waals surface area contributed by atoms with Crippen molar-refractivity contribution < 1.29 is 15.0 Å². The minimum atomic E-state index is -0.808. The molecule has 5 heteroatoms. The fourth-order valence-electron chi connectivity index (χ4n) is 0.797. The van der Waals surface area contributed by atoms with Gasteiger partial charge in [-0.05, 0) is 13.8 Å². The average molecular weight is 190 g/mol. The summed E-state index contributed by atoms with van der Waals surface area (Å²) in [4.78, 5) is 11.1. The Balaban J connectivity index is 3.60. The van der Waals surface area contributed by atoms with Gasteiger partial charge in [-0.15, -0.1) is 0 Å². The molecule has 0 aromatic carbocycles. The van der Waals surface area contributed by atoms with Crippen LogP contribution in [-0.2, 0) is 4.79 Å². The first-order valence-electron chi connectivity index (χ1n) is 4.41. The summed E-state index contributed by atoms with van der Waals surface area (Å²) >= 11 is 0. The summed E-state index contributed by atoms with van der Waals surface area (Å²) < 4.78 is 0. The van der Waals surface area contributed by atoms with Crippen LogP contribution in [0.4, 0.5) is 0 Å². The number of hydrogen-bond acceptors (Lipinski definition) is 4. The molecule has 0 aromatic rings. The highest BCUT2D eigenvalue weighted by Gasteiger charge is 2.12. The van der Waals surface area contributed by atoms with E-state index in [2.05, 4.69) is 10.6 Å². The maximum Gasteiger partial charge on any atom is 0.236 e. The van der Waals surface area contributed by atoms with Gasteiger partial charge in [-0.25, -0.2) is 0 Å². The quantitative estimate of drug-likeness (QED) is 0.409. The molecule has 0 saturated carbocycles. The Morgan fingerprint density at radius 1 is 1.54 bits per heavy atom. The smallest absolute Gasteiger partial charge is 0.236 e. The summed E-state index contributed by atoms with van der Waals surface area (Å²) in [6.45, 7) is 4.06. The molecule has 4 N–H and O–H groups in total. The molecule has 1 amide bonds. The van der Waals surface area contributed by atoms with Crippen molar-refractivity contribution in [2.75, 3.05) is 19.7 Å². The molecule has 0 rings (SSSR count). The highest BCUT2D eigenvalue weighted by atomic mass is 16.3. The Labute approximate surface area is 78.1 Å². The Kier molecular flexibility index (Phi) is 6.48. The van der Waals surface area contributed by atoms with Gasteiger partial charge in [0.1, 0.15) is 0 Å². The number of nitrogens with one attached hydrogen (secondary N) is 2. The van der Waals surface area contributed by atoms with Gasteiger partial charge in [0.2, 0.25) is 5.91 Å². The van der Waals surface area contributed by atoms with Crippen LogP contribution in [0.15, 0.2) is 0 Å². The zero-order valence-electron chi connectivity index (χ0n) is 8.08. The number of carbonyl (C=O) groups is 1. The molecule has 0 aliphatic carbocycles. The number of carbonyl (C=O) groups excluding carboxylic acids is 1. The van der Waals surface area contributed by atoms with Gasteiger partial charge in [-0.2, -0.15) is 0 Å². The van der Waals surface area contributed by atoms with E-state index in [1.807, 2.05) is 6.92 Å². The van der Waals surface area contributed by atoms with Crippen molar-refractivity contribution in [1.82, 2.24) is 10.6 Å². The van der Waals surface area contributed by atoms with Crippen LogP contribution in [-0.4, -0.2) is 48.0 Å². The molecule has 0 saturated heterocycles. The third-order valence-corrected chi connectivity index (χ3v) is 1.61. The van der Waals surface area contributed by atoms with E-state index in [1.54, 1.807) is 6.92 Å². The normalized spacial score (nSPS) is 15.1. The molecule has 0 aliphatic heterocycles. The first-order valence-corrected chi connectivity index (χ1v) is 4.41. The summed E-state index contributed by atoms with van der Waals surface area (Å²) in [5.41, 5.74) is 0. The maximum atomic E-state index is 11.1. The largest absolute Gasteiger partial charge is 0.394 e. The third-order valence-electron chi connectivity index (χ3n) is 1.61. The molecule has 5 nitrogen and oxygen atoms in total. The lowest BCUT2D eigenvalue weighted by Gasteiger charge is -2.14. The molecular formula is C8H18N2O3. The van der Waals surface area contributed by atoms with Crippen molar-refractivity contribution in [1.29, 1.82) is 0 Å². The van der Waals surface area contributed by atoms with Gasteiger partial charge in [0.25, 0.3) is 0 Å². The predicted molar refractivity (Wildman–Crippen MR) is 49.2 cm³/mol. The monoisotopic (exact) mass is 190 g/mol. The summed E-state index contributed by atoms with van der Waals surface area (Å²) in [6.07, 6.45) is -0.808. The number of aliphatic hydroxyl groups is 2. The van der Waals surface area contributed by atoms with Gasteiger partial charge in [0.15, 0.2) is 0 Å². The van der Waals surface area contributed by atoms with Crippen LogP contribution in [0.2, 0.25) is 0 Å². The van der Waals surface area contributed by atoms with Gasteiger partial charge in [-0.3, -0.25) is 4.79 Å². The summed E-state index contributed by atoms with van der Waals surface area (Å²) in [7, 11) is 0. The van der Waals surface area contributed by atoms with Crippen molar-refractivity contribution in [2.24, 2.45) is 0 Å². The second-order valence-electron chi connectivity index (χ2n) is 2.86. The van der Waals surface area contributed by atoms with E-state index in [0.29, 0.717) is 6.54 Å². The molecule has 0 spiro atoms. The number of likely N-dealkylation sites (N-methyl/N-ethyl adjacent to an activating group) is 1. The summed E-state index contributed by atoms with van der Waals surface area (Å²) in [5, 5.41) is 22.9. The lowest BCUT2D eigenvalue weighted by molar-refractivity contribution is -0.122. The van der Waals surface area contributed by atoms with E-state index >= 15 is 0 Å². The van der Waals surface area contributed by atoms with E-state index in [0.717, 1.165) is 0 Å². The van der Waals surface area contributed by atoms with Crippen molar-refractivity contribution in [3.05, 3.63) is 0 Å². The summed E-state index contributed by atoms with van der Waals surface area (Å²) in [6, 6.07) is -0.346. The molecule has 0 aliphatic rings. The van der Waals surface area contributed by atoms with E-state index in [1.165, 1.54) is 0 Å². The van der Waals surface area contributed by atoms with E-state index in [9.17, 15) is 4.79 Å². The minimum absolute atomic E-state index is 0.104. The van der Waals surface area contributed by atoms with Crippen LogP contribution in [0, 0.1) is 0 Å². The van der Waals surface area contributed by atoms with Gasteiger partial charge < -0.3 is 20.8 Å². The SMILES string of the molecule is CCNC(=O)C(C)NCC(O)CO. The van der Waals surface area contributed by atoms with Gasteiger partial charge in [-0.1, -0.05) is 0 Å². The molecule has 2 atom stereocenters. The first kappa shape index (κ1) is 12.3. The van der Waals surface area contributed by atoms with E-state index in [4.69, 9.17) is 10.2 Å². The van der Waals surface area contributed by atoms with Gasteiger partial charge in [0, 0.05) is 13.1 Å². The molecular weight excluding hydrogens is 172 g/mol. The highest BCUT2D eigenvalue weighted by molar-refractivity contribution is 5.81. The topological polar surface area (TPSA) is 81.6 Å². The van der Waals surface area contributed by atoms with Crippen molar-refractivity contribution in [3.63, 3.8) is 0 Å². The van der Waals surface area contributed by atoms with Crippen molar-refractivity contribution in [3.8, 4) is 0 Å². The standard InChI is InChI=1S/C8H18N2O3/c1-3-9-8(13)6(2)10-4-7(12)5-11/h6-7,10-12H,3-5H2,1-2H3,(H,9,13). The van der Waals surface area contributed by atoms with Gasteiger partial charge in [0.05, 0.1) is 18.8 Å². The fourth-order valence-corrected chi connectivity index (χ4v) is 0.797. The molecule has 0 aromatic heterocycles. The van der Waals surface area contributed by atoms with Crippen LogP contribution in [0.1, 0.15) is 13.8 Å². The Hall–Kier alpha value is -0.650. The predicted octanol–water partition coefficient (Wildman–Crippen LogP) is -1.55. The Bertz CT molecular complexity index is 152. The van der Waals surface area contributed by atoms with E-state index < -0.39 is 6.10 Å².